The number of nitro groups is 1. The molecule has 0 fully saturated rings. The van der Waals surface area contributed by atoms with E-state index in [4.69, 9.17) is 5.73 Å². The van der Waals surface area contributed by atoms with E-state index in [0.717, 1.165) is 0 Å². The molecule has 3 N–H and O–H groups in total. The maximum Gasteiger partial charge on any atom is 0.311 e. The van der Waals surface area contributed by atoms with Crippen molar-refractivity contribution in [3.8, 4) is 0 Å². The first-order valence-corrected chi connectivity index (χ1v) is 5.94. The molecule has 19 heavy (non-hydrogen) atoms. The summed E-state index contributed by atoms with van der Waals surface area (Å²) in [6.07, 6.45) is 0.355. The molecule has 0 aliphatic heterocycles. The van der Waals surface area contributed by atoms with Gasteiger partial charge in [0.05, 0.1) is 15.9 Å². The van der Waals surface area contributed by atoms with Crippen LogP contribution in [0.5, 0.6) is 0 Å². The van der Waals surface area contributed by atoms with Gasteiger partial charge in [0.1, 0.15) is 0 Å². The maximum absolute atomic E-state index is 11.4. The van der Waals surface area contributed by atoms with Crippen LogP contribution >= 0.6 is 0 Å². The highest BCUT2D eigenvalue weighted by Gasteiger charge is 2.47. The summed E-state index contributed by atoms with van der Waals surface area (Å²) in [6, 6.07) is 5.84. The van der Waals surface area contributed by atoms with Gasteiger partial charge in [-0.2, -0.15) is 0 Å². The fourth-order valence-electron chi connectivity index (χ4n) is 2.09. The van der Waals surface area contributed by atoms with Crippen LogP contribution < -0.4 is 5.73 Å². The average molecular weight is 266 g/mol. The van der Waals surface area contributed by atoms with Crippen LogP contribution in [0.15, 0.2) is 24.3 Å². The van der Waals surface area contributed by atoms with Crippen molar-refractivity contribution in [2.75, 3.05) is 0 Å². The van der Waals surface area contributed by atoms with Crippen molar-refractivity contribution in [3.63, 3.8) is 0 Å². The number of nitro benzene ring substituents is 1. The number of carboxylic acids is 1. The largest absolute Gasteiger partial charge is 0.481 e. The Bertz CT molecular complexity index is 513. The van der Waals surface area contributed by atoms with E-state index >= 15 is 0 Å². The molecule has 0 aliphatic rings. The topological polar surface area (TPSA) is 106 Å². The van der Waals surface area contributed by atoms with E-state index in [2.05, 4.69) is 0 Å². The smallest absolute Gasteiger partial charge is 0.311 e. The predicted molar refractivity (Wildman–Crippen MR) is 70.7 cm³/mol. The molecule has 1 atom stereocenters. The van der Waals surface area contributed by atoms with Crippen molar-refractivity contribution in [1.29, 1.82) is 0 Å². The first-order valence-electron chi connectivity index (χ1n) is 5.94. The summed E-state index contributed by atoms with van der Waals surface area (Å²) < 4.78 is 0. The van der Waals surface area contributed by atoms with Gasteiger partial charge in [-0.05, 0) is 25.8 Å². The molecule has 1 unspecified atom stereocenters. The van der Waals surface area contributed by atoms with Crippen molar-refractivity contribution >= 4 is 11.7 Å². The number of nitrogens with zero attached hydrogens (tertiary/aromatic N) is 1. The van der Waals surface area contributed by atoms with Gasteiger partial charge in [-0.25, -0.2) is 0 Å². The molecule has 0 saturated carbocycles. The summed E-state index contributed by atoms with van der Waals surface area (Å²) in [5.41, 5.74) is 4.21. The molecule has 0 spiro atoms. The number of aliphatic carboxylic acids is 1. The van der Waals surface area contributed by atoms with Crippen molar-refractivity contribution in [2.24, 2.45) is 11.1 Å². The molecule has 0 heterocycles. The first-order chi connectivity index (χ1) is 8.66. The monoisotopic (exact) mass is 266 g/mol. The lowest BCUT2D eigenvalue weighted by Gasteiger charge is -2.40. The average Bonchev–Trinajstić information content (AvgIpc) is 2.37. The quantitative estimate of drug-likeness (QED) is 0.628. The second kappa shape index (κ2) is 4.97. The minimum Gasteiger partial charge on any atom is -0.481 e. The minimum absolute atomic E-state index is 0.0954. The zero-order valence-corrected chi connectivity index (χ0v) is 11.2. The Morgan fingerprint density at radius 1 is 1.47 bits per heavy atom. The molecule has 1 aromatic rings. The van der Waals surface area contributed by atoms with Crippen LogP contribution in [0.2, 0.25) is 0 Å². The van der Waals surface area contributed by atoms with Crippen LogP contribution in [0.25, 0.3) is 0 Å². The van der Waals surface area contributed by atoms with Crippen LogP contribution in [-0.2, 0) is 10.3 Å². The summed E-state index contributed by atoms with van der Waals surface area (Å²) in [5.74, 6) is -1.04. The second-order valence-electron chi connectivity index (χ2n) is 5.06. The lowest BCUT2D eigenvalue weighted by molar-refractivity contribution is -0.385. The third kappa shape index (κ3) is 2.44. The van der Waals surface area contributed by atoms with Gasteiger partial charge >= 0.3 is 5.97 Å². The first kappa shape index (κ1) is 15.1. The predicted octanol–water partition coefficient (Wildman–Crippen LogP) is 2.27. The number of nitrogens with two attached hydrogens (primary N) is 1. The number of hydrogen-bond donors (Lipinski definition) is 2. The van der Waals surface area contributed by atoms with Gasteiger partial charge in [0.15, 0.2) is 0 Å². The van der Waals surface area contributed by atoms with Crippen molar-refractivity contribution in [2.45, 2.75) is 32.7 Å². The third-order valence-corrected chi connectivity index (χ3v) is 3.78. The van der Waals surface area contributed by atoms with E-state index in [1.807, 2.05) is 0 Å². The van der Waals surface area contributed by atoms with Gasteiger partial charge in [0, 0.05) is 12.1 Å². The number of non-ortho nitro benzene ring substituents is 1. The summed E-state index contributed by atoms with van der Waals surface area (Å²) in [6.45, 7) is 4.82. The van der Waals surface area contributed by atoms with Crippen molar-refractivity contribution in [1.82, 2.24) is 0 Å². The van der Waals surface area contributed by atoms with E-state index in [9.17, 15) is 20.0 Å². The Morgan fingerprint density at radius 3 is 2.47 bits per heavy atom. The molecule has 0 bridgehead atoms. The molecule has 6 heteroatoms. The van der Waals surface area contributed by atoms with Gasteiger partial charge in [-0.3, -0.25) is 14.9 Å². The van der Waals surface area contributed by atoms with Crippen LogP contribution in [0.1, 0.15) is 32.8 Å². The fraction of sp³-hybridized carbons (Fsp3) is 0.462. The SMILES string of the molecule is CCC(N)(c1cccc([N+](=O)[O-])c1)C(C)(C)C(=O)O. The van der Waals surface area contributed by atoms with Gasteiger partial charge in [-0.1, -0.05) is 19.1 Å². The van der Waals surface area contributed by atoms with E-state index in [0.29, 0.717) is 12.0 Å². The Morgan fingerprint density at radius 2 is 2.05 bits per heavy atom. The molecular formula is C13H18N2O4. The van der Waals surface area contributed by atoms with Crippen molar-refractivity contribution < 1.29 is 14.8 Å². The highest BCUT2D eigenvalue weighted by Crippen LogP contribution is 2.41. The lowest BCUT2D eigenvalue weighted by atomic mass is 9.67. The number of carbonyl (C=O) groups is 1. The number of carboxylic acid groups (broad SMARTS) is 1. The summed E-state index contributed by atoms with van der Waals surface area (Å²) >= 11 is 0. The zero-order valence-electron chi connectivity index (χ0n) is 11.2. The minimum atomic E-state index is -1.24. The van der Waals surface area contributed by atoms with E-state index < -0.39 is 21.8 Å². The highest BCUT2D eigenvalue weighted by atomic mass is 16.6. The van der Waals surface area contributed by atoms with Gasteiger partial charge < -0.3 is 10.8 Å². The number of benzene rings is 1. The molecule has 6 nitrogen and oxygen atoms in total. The molecule has 0 radical (unpaired) electrons. The normalized spacial score (nSPS) is 14.7. The van der Waals surface area contributed by atoms with Gasteiger partial charge in [0.25, 0.3) is 5.69 Å². The van der Waals surface area contributed by atoms with Crippen LogP contribution in [0.3, 0.4) is 0 Å². The van der Waals surface area contributed by atoms with Gasteiger partial charge in [-0.15, -0.1) is 0 Å². The summed E-state index contributed by atoms with van der Waals surface area (Å²) in [7, 11) is 0. The molecule has 0 amide bonds. The Hall–Kier alpha value is -1.95. The molecule has 1 aromatic carbocycles. The molecule has 0 saturated heterocycles. The Kier molecular flexibility index (Phi) is 3.95. The lowest BCUT2D eigenvalue weighted by Crippen LogP contribution is -2.53. The second-order valence-corrected chi connectivity index (χ2v) is 5.06. The zero-order chi connectivity index (χ0) is 14.8. The van der Waals surface area contributed by atoms with E-state index in [-0.39, 0.29) is 5.69 Å². The standard InChI is InChI=1S/C13H18N2O4/c1-4-13(14,12(2,3)11(16)17)9-6-5-7-10(8-9)15(18)19/h5-8H,4,14H2,1-3H3,(H,16,17). The van der Waals surface area contributed by atoms with Crippen LogP contribution in [-0.4, -0.2) is 16.0 Å². The molecule has 0 aliphatic carbocycles. The molecular weight excluding hydrogens is 248 g/mol. The molecule has 104 valence electrons. The number of rotatable bonds is 5. The Labute approximate surface area is 111 Å². The Balaban J connectivity index is 3.41. The van der Waals surface area contributed by atoms with Crippen molar-refractivity contribution in [3.05, 3.63) is 39.9 Å². The number of hydrogen-bond acceptors (Lipinski definition) is 4. The van der Waals surface area contributed by atoms with E-state index in [1.165, 1.54) is 32.0 Å². The van der Waals surface area contributed by atoms with E-state index in [1.54, 1.807) is 13.0 Å². The summed E-state index contributed by atoms with van der Waals surface area (Å²) in [4.78, 5) is 21.7. The van der Waals surface area contributed by atoms with Gasteiger partial charge in [0.2, 0.25) is 0 Å². The third-order valence-electron chi connectivity index (χ3n) is 3.78. The maximum atomic E-state index is 11.4. The fourth-order valence-corrected chi connectivity index (χ4v) is 2.09. The molecule has 0 aromatic heterocycles. The highest BCUT2D eigenvalue weighted by molar-refractivity contribution is 5.76. The molecule has 1 rings (SSSR count). The van der Waals surface area contributed by atoms with Crippen LogP contribution in [0, 0.1) is 15.5 Å². The van der Waals surface area contributed by atoms with Crippen LogP contribution in [0.4, 0.5) is 5.69 Å². The summed E-state index contributed by atoms with van der Waals surface area (Å²) in [5, 5.41) is 20.1.